The summed E-state index contributed by atoms with van der Waals surface area (Å²) in [5.74, 6) is 4.99. The number of ether oxygens (including phenoxy) is 12. The summed E-state index contributed by atoms with van der Waals surface area (Å²) >= 11 is 0. The maximum atomic E-state index is 16.2. The molecule has 0 saturated heterocycles. The number of ketones is 2. The highest BCUT2D eigenvalue weighted by atomic mass is 16.6. The molecule has 0 unspecified atom stereocenters. The normalized spacial score (nSPS) is 11.9. The van der Waals surface area contributed by atoms with Crippen LogP contribution < -0.4 is 56.8 Å². The van der Waals surface area contributed by atoms with E-state index in [0.717, 1.165) is 274 Å². The Morgan fingerprint density at radius 2 is 0.341 bits per heavy atom. The third-order valence-electron chi connectivity index (χ3n) is 27.0. The largest absolute Gasteiger partial charge is 0.490 e. The molecule has 0 radical (unpaired) electrons. The smallest absolute Gasteiger partial charge is 0.311 e. The van der Waals surface area contributed by atoms with Gasteiger partial charge in [0.2, 0.25) is 11.5 Å². The molecule has 7 rings (SSSR count). The molecule has 0 fully saturated rings. The van der Waals surface area contributed by atoms with Crippen LogP contribution in [0.2, 0.25) is 0 Å². The average Bonchev–Trinajstić information content (AvgIpc) is 0.724. The van der Waals surface area contributed by atoms with Crippen LogP contribution in [0.1, 0.15) is 525 Å². The van der Waals surface area contributed by atoms with Crippen LogP contribution in [0.4, 0.5) is 0 Å². The monoisotopic (exact) mass is 1870 g/mol. The Hall–Kier alpha value is -7.29. The number of fused-ring (bicyclic) bond motifs is 8. The predicted octanol–water partition coefficient (Wildman–Crippen LogP) is 36.6. The topological polar surface area (TPSA) is 162 Å². The van der Waals surface area contributed by atoms with Crippen LogP contribution in [0.15, 0.2) is 48.5 Å². The molecule has 0 N–H and O–H groups in total. The standard InChI is InChI=1S/C120H192O15/c1-11-21-31-41-53-65-77-124-104-88-96-97-89-105(125-78-66-54-42-32-22-12-2)107(127-80-68-56-44-34-24-14-4)91-99(97)101-93-109(108(128-81-69-57-45-35-25-15-5)92-100(101)98(96)90-106(104)126-79-67-55-43-33-23-13-3)135-112(121)76-64-52-51-63-75-87-134-120-114-103(95-111(130-83-71-59-47-37-27-17-7)118(120)132-85-73-61-49-39-29-19-9)115(122)113-102(116(114)123)94-110(129-82-70-58-46-36-26-16-6)117(131-84-72-60-48-38-28-18-8)119(113)133-86-74-62-50-40-30-20-10/h88-95H,11-87H2,1-10H3. The fraction of sp³-hybridized carbons (Fsp3) is 0.725. The highest BCUT2D eigenvalue weighted by Gasteiger charge is 2.41. The van der Waals surface area contributed by atoms with Gasteiger partial charge in [0.25, 0.3) is 0 Å². The number of hydrogen-bond donors (Lipinski definition) is 0. The van der Waals surface area contributed by atoms with Crippen molar-refractivity contribution in [3.05, 3.63) is 70.8 Å². The Morgan fingerprint density at radius 3 is 0.556 bits per heavy atom. The van der Waals surface area contributed by atoms with E-state index in [2.05, 4.69) is 106 Å². The first-order valence-electron chi connectivity index (χ1n) is 56.7. The Kier molecular flexibility index (Phi) is 62.7. The first-order chi connectivity index (χ1) is 66.6. The van der Waals surface area contributed by atoms with Gasteiger partial charge in [-0.05, 0) is 158 Å². The molecule has 762 valence electrons. The molecule has 6 aromatic rings. The van der Waals surface area contributed by atoms with Crippen LogP contribution in [0.3, 0.4) is 0 Å². The minimum atomic E-state index is -0.348. The van der Waals surface area contributed by atoms with E-state index in [1.54, 1.807) is 12.1 Å². The maximum absolute atomic E-state index is 16.2. The second-order valence-corrected chi connectivity index (χ2v) is 39.1. The summed E-state index contributed by atoms with van der Waals surface area (Å²) in [6, 6.07) is 16.5. The summed E-state index contributed by atoms with van der Waals surface area (Å²) in [4.78, 5) is 47.1. The lowest BCUT2D eigenvalue weighted by atomic mass is 9.82. The molecular formula is C120H192O15. The van der Waals surface area contributed by atoms with Gasteiger partial charge >= 0.3 is 5.97 Å². The number of rotatable bonds is 90. The maximum Gasteiger partial charge on any atom is 0.311 e. The molecule has 135 heavy (non-hydrogen) atoms. The summed E-state index contributed by atoms with van der Waals surface area (Å²) < 4.78 is 82.6. The minimum absolute atomic E-state index is 0.176. The molecule has 15 heteroatoms. The fourth-order valence-electron chi connectivity index (χ4n) is 18.6. The highest BCUT2D eigenvalue weighted by Crippen LogP contribution is 2.53. The van der Waals surface area contributed by atoms with E-state index in [-0.39, 0.29) is 64.3 Å². The van der Waals surface area contributed by atoms with Gasteiger partial charge < -0.3 is 56.8 Å². The van der Waals surface area contributed by atoms with Crippen LogP contribution in [0.25, 0.3) is 32.3 Å². The number of hydrogen-bond acceptors (Lipinski definition) is 15. The first kappa shape index (κ1) is 115. The molecular weight excluding hydrogens is 1680 g/mol. The Bertz CT molecular complexity index is 4090. The van der Waals surface area contributed by atoms with Gasteiger partial charge in [-0.25, -0.2) is 0 Å². The number of benzene rings is 6. The Morgan fingerprint density at radius 1 is 0.178 bits per heavy atom. The van der Waals surface area contributed by atoms with Gasteiger partial charge in [-0.3, -0.25) is 14.4 Å². The molecule has 1 aliphatic rings. The summed E-state index contributed by atoms with van der Waals surface area (Å²) in [5.41, 5.74) is 0.802. The summed E-state index contributed by atoms with van der Waals surface area (Å²) in [7, 11) is 0. The molecule has 6 aromatic carbocycles. The number of unbranched alkanes of at least 4 members (excludes halogenated alkanes) is 54. The molecule has 0 spiro atoms. The third kappa shape index (κ3) is 43.1. The zero-order chi connectivity index (χ0) is 96.0. The zero-order valence-electron chi connectivity index (χ0n) is 87.7. The lowest BCUT2D eigenvalue weighted by Gasteiger charge is -2.27. The summed E-state index contributed by atoms with van der Waals surface area (Å²) in [6.07, 6.45) is 70.7. The molecule has 0 aromatic heterocycles. The minimum Gasteiger partial charge on any atom is -0.490 e. The lowest BCUT2D eigenvalue weighted by molar-refractivity contribution is -0.134. The van der Waals surface area contributed by atoms with E-state index in [4.69, 9.17) is 56.8 Å². The second-order valence-electron chi connectivity index (χ2n) is 39.1. The van der Waals surface area contributed by atoms with E-state index in [0.29, 0.717) is 113 Å². The van der Waals surface area contributed by atoms with Crippen LogP contribution >= 0.6 is 0 Å². The highest BCUT2D eigenvalue weighted by molar-refractivity contribution is 6.31. The molecule has 15 nitrogen and oxygen atoms in total. The zero-order valence-corrected chi connectivity index (χ0v) is 87.7. The van der Waals surface area contributed by atoms with Crippen molar-refractivity contribution in [3.8, 4) is 69.0 Å². The van der Waals surface area contributed by atoms with Gasteiger partial charge in [0.05, 0.1) is 83.8 Å². The van der Waals surface area contributed by atoms with Gasteiger partial charge in [-0.1, -0.05) is 410 Å². The van der Waals surface area contributed by atoms with Crippen LogP contribution in [0.5, 0.6) is 69.0 Å². The Balaban J connectivity index is 1.24. The quantitative estimate of drug-likeness (QED) is 0.0153. The number of carbonyl (C=O) groups excluding carboxylic acids is 3. The molecule has 0 bridgehead atoms. The van der Waals surface area contributed by atoms with Gasteiger partial charge in [0.15, 0.2) is 69.1 Å². The summed E-state index contributed by atoms with van der Waals surface area (Å²) in [5, 5.41) is 5.88. The molecule has 0 heterocycles. The van der Waals surface area contributed by atoms with Crippen molar-refractivity contribution in [2.75, 3.05) is 72.7 Å². The SMILES string of the molecule is CCCCCCCCOc1cc2c3cc(OCCCCCCCC)c(OCCCCCCCC)cc3c3cc(OC(=O)CCCCCCCOc4c(OCCCCCCCC)c(OCCCCCCCC)cc5c4C(=O)c4cc(OCCCCCCCC)c(OCCCCCCCC)c(OCCCCCCCC)c4C5=O)c(OCCCCCCCC)cc3c2cc1OCCCCCCCC. The fourth-order valence-corrected chi connectivity index (χ4v) is 18.6. The van der Waals surface area contributed by atoms with Gasteiger partial charge in [0.1, 0.15) is 0 Å². The van der Waals surface area contributed by atoms with Crippen molar-refractivity contribution < 1.29 is 71.2 Å². The van der Waals surface area contributed by atoms with E-state index >= 15 is 9.59 Å². The third-order valence-corrected chi connectivity index (χ3v) is 27.0. The van der Waals surface area contributed by atoms with E-state index in [1.807, 2.05) is 0 Å². The number of carbonyl (C=O) groups is 3. The predicted molar refractivity (Wildman–Crippen MR) is 566 cm³/mol. The number of esters is 1. The van der Waals surface area contributed by atoms with Crippen LogP contribution in [-0.2, 0) is 4.79 Å². The molecule has 0 amide bonds. The van der Waals surface area contributed by atoms with Crippen LogP contribution in [-0.4, -0.2) is 90.2 Å². The molecule has 0 atom stereocenters. The van der Waals surface area contributed by atoms with Crippen LogP contribution in [0, 0.1) is 0 Å². The van der Waals surface area contributed by atoms with Crippen molar-refractivity contribution in [2.24, 2.45) is 0 Å². The molecule has 0 aliphatic heterocycles. The summed E-state index contributed by atoms with van der Waals surface area (Å²) in [6.45, 7) is 27.6. The first-order valence-corrected chi connectivity index (χ1v) is 56.7. The van der Waals surface area contributed by atoms with Crippen molar-refractivity contribution in [1.29, 1.82) is 0 Å². The molecule has 1 aliphatic carbocycles. The lowest BCUT2D eigenvalue weighted by Crippen LogP contribution is -2.25. The van der Waals surface area contributed by atoms with Crippen molar-refractivity contribution in [2.45, 2.75) is 493 Å². The van der Waals surface area contributed by atoms with E-state index in [1.165, 1.54) is 186 Å². The Labute approximate surface area is 821 Å². The van der Waals surface area contributed by atoms with Gasteiger partial charge in [-0.2, -0.15) is 0 Å². The average molecular weight is 1870 g/mol. The van der Waals surface area contributed by atoms with Gasteiger partial charge in [0, 0.05) is 17.5 Å². The molecule has 0 saturated carbocycles. The van der Waals surface area contributed by atoms with Crippen molar-refractivity contribution in [3.63, 3.8) is 0 Å². The van der Waals surface area contributed by atoms with E-state index < -0.39 is 0 Å². The second kappa shape index (κ2) is 73.8. The van der Waals surface area contributed by atoms with Crippen molar-refractivity contribution in [1.82, 2.24) is 0 Å². The van der Waals surface area contributed by atoms with Gasteiger partial charge in [-0.15, -0.1) is 0 Å². The van der Waals surface area contributed by atoms with E-state index in [9.17, 15) is 4.79 Å². The van der Waals surface area contributed by atoms with Crippen molar-refractivity contribution >= 4 is 49.9 Å².